The molecule has 54 valence electrons. The van der Waals surface area contributed by atoms with Gasteiger partial charge in [0.05, 0.1) is 0 Å². The lowest BCUT2D eigenvalue weighted by molar-refractivity contribution is 0.283. The first-order valence-corrected chi connectivity index (χ1v) is 4.29. The van der Waals surface area contributed by atoms with Crippen molar-refractivity contribution in [3.63, 3.8) is 0 Å². The zero-order chi connectivity index (χ0) is 7.11. The third kappa shape index (κ3) is 8.43. The van der Waals surface area contributed by atoms with Crippen molar-refractivity contribution in [3.8, 4) is 0 Å². The van der Waals surface area contributed by atoms with E-state index in [1.807, 2.05) is 0 Å². The van der Waals surface area contributed by atoms with Gasteiger partial charge in [-0.1, -0.05) is 13.0 Å². The molecule has 0 rings (SSSR count). The van der Waals surface area contributed by atoms with Crippen molar-refractivity contribution in [1.82, 2.24) is 0 Å². The van der Waals surface area contributed by atoms with Crippen LogP contribution in [0.25, 0.3) is 0 Å². The number of halogens is 1. The van der Waals surface area contributed by atoms with Crippen LogP contribution in [0, 0.1) is 0 Å². The van der Waals surface area contributed by atoms with Crippen LogP contribution < -0.4 is 0 Å². The van der Waals surface area contributed by atoms with Crippen molar-refractivity contribution >= 4 is 22.6 Å². The Morgan fingerprint density at radius 2 is 2.00 bits per heavy atom. The summed E-state index contributed by atoms with van der Waals surface area (Å²) in [4.78, 5) is 0. The second-order valence-electron chi connectivity index (χ2n) is 2.05. The maximum Gasteiger partial charge on any atom is 0.0431 e. The molecule has 0 aliphatic heterocycles. The van der Waals surface area contributed by atoms with Crippen molar-refractivity contribution < 1.29 is 5.11 Å². The average molecular weight is 240 g/mol. The summed E-state index contributed by atoms with van der Waals surface area (Å²) in [5.74, 6) is 0. The lowest BCUT2D eigenvalue weighted by Crippen LogP contribution is -1.82. The maximum atomic E-state index is 8.41. The number of hydrogen-bond donors (Lipinski definition) is 1. The molecule has 0 fully saturated rings. The zero-order valence-electron chi connectivity index (χ0n) is 5.57. The van der Waals surface area contributed by atoms with Crippen LogP contribution in [-0.2, 0) is 0 Å². The standard InChI is InChI=1S/C7H13IO/c1-7(8)5-3-2-4-6-9/h9H,1-6H2. The van der Waals surface area contributed by atoms with Gasteiger partial charge in [-0.3, -0.25) is 0 Å². The SMILES string of the molecule is C=C(I)CCCCCO. The van der Waals surface area contributed by atoms with Crippen molar-refractivity contribution in [1.29, 1.82) is 0 Å². The molecule has 0 radical (unpaired) electrons. The zero-order valence-corrected chi connectivity index (χ0v) is 7.73. The van der Waals surface area contributed by atoms with E-state index >= 15 is 0 Å². The smallest absolute Gasteiger partial charge is 0.0431 e. The summed E-state index contributed by atoms with van der Waals surface area (Å²) >= 11 is 2.24. The molecule has 0 amide bonds. The first-order chi connectivity index (χ1) is 4.27. The van der Waals surface area contributed by atoms with E-state index in [4.69, 9.17) is 5.11 Å². The number of hydrogen-bond acceptors (Lipinski definition) is 1. The lowest BCUT2D eigenvalue weighted by Gasteiger charge is -1.95. The number of aliphatic hydroxyl groups excluding tert-OH is 1. The maximum absolute atomic E-state index is 8.41. The average Bonchev–Trinajstić information content (AvgIpc) is 1.80. The summed E-state index contributed by atoms with van der Waals surface area (Å²) in [6.07, 6.45) is 4.32. The van der Waals surface area contributed by atoms with Gasteiger partial charge in [-0.15, -0.1) is 0 Å². The minimum Gasteiger partial charge on any atom is -0.396 e. The van der Waals surface area contributed by atoms with Crippen molar-refractivity contribution in [2.45, 2.75) is 25.7 Å². The highest BCUT2D eigenvalue weighted by molar-refractivity contribution is 14.1. The molecule has 0 bridgehead atoms. The second kappa shape index (κ2) is 6.55. The number of rotatable bonds is 5. The van der Waals surface area contributed by atoms with Gasteiger partial charge in [-0.2, -0.15) is 0 Å². The highest BCUT2D eigenvalue weighted by Gasteiger charge is 1.88. The molecular formula is C7H13IO. The largest absolute Gasteiger partial charge is 0.396 e. The molecule has 0 unspecified atom stereocenters. The minimum absolute atomic E-state index is 0.327. The van der Waals surface area contributed by atoms with Gasteiger partial charge in [0.15, 0.2) is 0 Å². The summed E-state index contributed by atoms with van der Waals surface area (Å²) in [7, 11) is 0. The normalized spacial score (nSPS) is 9.56. The first kappa shape index (κ1) is 9.43. The molecule has 1 nitrogen and oxygen atoms in total. The summed E-state index contributed by atoms with van der Waals surface area (Å²) in [6.45, 7) is 4.10. The lowest BCUT2D eigenvalue weighted by atomic mass is 10.2. The molecular weight excluding hydrogens is 227 g/mol. The Kier molecular flexibility index (Phi) is 6.86. The molecule has 9 heavy (non-hydrogen) atoms. The molecule has 0 saturated carbocycles. The molecule has 0 aromatic rings. The molecule has 0 saturated heterocycles. The van der Waals surface area contributed by atoms with Crippen LogP contribution in [0.1, 0.15) is 25.7 Å². The van der Waals surface area contributed by atoms with E-state index in [2.05, 4.69) is 29.2 Å². The summed E-state index contributed by atoms with van der Waals surface area (Å²) < 4.78 is 1.21. The Morgan fingerprint density at radius 1 is 1.33 bits per heavy atom. The van der Waals surface area contributed by atoms with Gasteiger partial charge in [0.2, 0.25) is 0 Å². The van der Waals surface area contributed by atoms with Crippen molar-refractivity contribution in [3.05, 3.63) is 10.2 Å². The third-order valence-corrected chi connectivity index (χ3v) is 1.65. The predicted octanol–water partition coefficient (Wildman–Crippen LogP) is 2.49. The first-order valence-electron chi connectivity index (χ1n) is 3.21. The monoisotopic (exact) mass is 240 g/mol. The van der Waals surface area contributed by atoms with E-state index in [9.17, 15) is 0 Å². The Morgan fingerprint density at radius 3 is 2.44 bits per heavy atom. The highest BCUT2D eigenvalue weighted by atomic mass is 127. The van der Waals surface area contributed by atoms with E-state index in [0.29, 0.717) is 6.61 Å². The number of unbranched alkanes of at least 4 members (excludes halogenated alkanes) is 2. The van der Waals surface area contributed by atoms with E-state index in [1.54, 1.807) is 0 Å². The van der Waals surface area contributed by atoms with Gasteiger partial charge >= 0.3 is 0 Å². The van der Waals surface area contributed by atoms with Crippen LogP contribution in [0.2, 0.25) is 0 Å². The van der Waals surface area contributed by atoms with E-state index in [-0.39, 0.29) is 0 Å². The minimum atomic E-state index is 0.327. The molecule has 0 atom stereocenters. The molecule has 2 heteroatoms. The molecule has 0 spiro atoms. The van der Waals surface area contributed by atoms with Crippen molar-refractivity contribution in [2.75, 3.05) is 6.61 Å². The van der Waals surface area contributed by atoms with E-state index in [0.717, 1.165) is 19.3 Å². The fraction of sp³-hybridized carbons (Fsp3) is 0.714. The molecule has 0 aromatic heterocycles. The molecule has 0 heterocycles. The van der Waals surface area contributed by atoms with E-state index < -0.39 is 0 Å². The number of allylic oxidation sites excluding steroid dienone is 1. The summed E-state index contributed by atoms with van der Waals surface area (Å²) in [6, 6.07) is 0. The number of aliphatic hydroxyl groups is 1. The third-order valence-electron chi connectivity index (χ3n) is 1.11. The van der Waals surface area contributed by atoms with Gasteiger partial charge < -0.3 is 5.11 Å². The Balaban J connectivity index is 2.83. The van der Waals surface area contributed by atoms with Crippen LogP contribution in [0.3, 0.4) is 0 Å². The molecule has 0 aliphatic rings. The van der Waals surface area contributed by atoms with Gasteiger partial charge in [0, 0.05) is 6.61 Å². The van der Waals surface area contributed by atoms with Crippen LogP contribution >= 0.6 is 22.6 Å². The van der Waals surface area contributed by atoms with Gasteiger partial charge in [-0.25, -0.2) is 0 Å². The topological polar surface area (TPSA) is 20.2 Å². The van der Waals surface area contributed by atoms with Crippen LogP contribution in [0.5, 0.6) is 0 Å². The Hall–Kier alpha value is 0.430. The fourth-order valence-electron chi connectivity index (χ4n) is 0.605. The van der Waals surface area contributed by atoms with Gasteiger partial charge in [0.1, 0.15) is 0 Å². The van der Waals surface area contributed by atoms with Crippen LogP contribution in [0.4, 0.5) is 0 Å². The van der Waals surface area contributed by atoms with Gasteiger partial charge in [-0.05, 0) is 45.4 Å². The summed E-state index contributed by atoms with van der Waals surface area (Å²) in [5, 5.41) is 8.41. The Labute approximate surface area is 70.3 Å². The highest BCUT2D eigenvalue weighted by Crippen LogP contribution is 2.12. The fourth-order valence-corrected chi connectivity index (χ4v) is 0.987. The van der Waals surface area contributed by atoms with Crippen molar-refractivity contribution in [2.24, 2.45) is 0 Å². The Bertz CT molecular complexity index is 81.0. The van der Waals surface area contributed by atoms with E-state index in [1.165, 1.54) is 10.0 Å². The van der Waals surface area contributed by atoms with Crippen LogP contribution in [-0.4, -0.2) is 11.7 Å². The predicted molar refractivity (Wildman–Crippen MR) is 48.7 cm³/mol. The second-order valence-corrected chi connectivity index (χ2v) is 3.58. The molecule has 0 aliphatic carbocycles. The molecule has 0 aromatic carbocycles. The quantitative estimate of drug-likeness (QED) is 0.578. The molecule has 1 N–H and O–H groups in total. The van der Waals surface area contributed by atoms with Gasteiger partial charge in [0.25, 0.3) is 0 Å². The summed E-state index contributed by atoms with van der Waals surface area (Å²) in [5.41, 5.74) is 0. The van der Waals surface area contributed by atoms with Crippen LogP contribution in [0.15, 0.2) is 10.2 Å².